The Balaban J connectivity index is 1.35. The van der Waals surface area contributed by atoms with Crippen LogP contribution in [-0.2, 0) is 16.1 Å². The Morgan fingerprint density at radius 3 is 2.79 bits per heavy atom. The van der Waals surface area contributed by atoms with Gasteiger partial charge in [-0.1, -0.05) is 5.16 Å². The van der Waals surface area contributed by atoms with Crippen molar-refractivity contribution in [3.05, 3.63) is 35.9 Å². The molecule has 0 bridgehead atoms. The molecule has 0 aliphatic carbocycles. The lowest BCUT2D eigenvalue weighted by Gasteiger charge is -2.36. The lowest BCUT2D eigenvalue weighted by Crippen LogP contribution is -2.56. The molecule has 2 saturated heterocycles. The van der Waals surface area contributed by atoms with Gasteiger partial charge in [-0.15, -0.1) is 0 Å². The number of aromatic nitrogens is 2. The maximum atomic E-state index is 12.9. The van der Waals surface area contributed by atoms with Crippen LogP contribution in [0.1, 0.15) is 42.5 Å². The molecule has 2 aromatic rings. The maximum absolute atomic E-state index is 12.9. The minimum Gasteiger partial charge on any atom is -0.465 e. The Hall–Kier alpha value is -2.68. The number of nitrogens with zero attached hydrogens (tertiary/aromatic N) is 4. The van der Waals surface area contributed by atoms with Crippen LogP contribution in [-0.4, -0.2) is 64.0 Å². The fourth-order valence-electron chi connectivity index (χ4n) is 3.98. The van der Waals surface area contributed by atoms with Gasteiger partial charge in [0.1, 0.15) is 11.5 Å². The van der Waals surface area contributed by atoms with Crippen LogP contribution < -0.4 is 5.32 Å². The molecule has 1 unspecified atom stereocenters. The van der Waals surface area contributed by atoms with E-state index >= 15 is 0 Å². The first-order valence-corrected chi connectivity index (χ1v) is 9.71. The average molecular weight is 387 g/mol. The van der Waals surface area contributed by atoms with Gasteiger partial charge in [-0.3, -0.25) is 14.5 Å². The van der Waals surface area contributed by atoms with Crippen LogP contribution in [0.5, 0.6) is 0 Å². The highest BCUT2D eigenvalue weighted by atomic mass is 16.5. The molecular weight excluding hydrogens is 362 g/mol. The summed E-state index contributed by atoms with van der Waals surface area (Å²) >= 11 is 0. The number of piperidine rings is 1. The smallest absolute Gasteiger partial charge is 0.237 e. The third-order valence-electron chi connectivity index (χ3n) is 5.56. The molecule has 0 spiro atoms. The maximum Gasteiger partial charge on any atom is 0.237 e. The SMILES string of the molecule is Cc1ccc(CN2CCNC(=O)C2CC(=O)N2CCC(c3ncon3)CC2)o1. The quantitative estimate of drug-likeness (QED) is 0.818. The number of hydrogen-bond donors (Lipinski definition) is 1. The van der Waals surface area contributed by atoms with Gasteiger partial charge in [-0.25, -0.2) is 0 Å². The second kappa shape index (κ2) is 8.14. The molecule has 150 valence electrons. The summed E-state index contributed by atoms with van der Waals surface area (Å²) < 4.78 is 10.5. The molecule has 2 fully saturated rings. The fraction of sp³-hybridized carbons (Fsp3) is 0.579. The highest BCUT2D eigenvalue weighted by Gasteiger charge is 2.34. The standard InChI is InChI=1S/C19H25N5O4/c1-13-2-3-15(28-13)11-24-9-6-20-19(26)16(24)10-17(25)23-7-4-14(5-8-23)18-21-12-27-22-18/h2-3,12,14,16H,4-11H2,1H3,(H,20,26). The van der Waals surface area contributed by atoms with E-state index in [1.807, 2.05) is 28.9 Å². The van der Waals surface area contributed by atoms with E-state index in [-0.39, 0.29) is 24.2 Å². The minimum absolute atomic E-state index is 0.00855. The molecule has 0 saturated carbocycles. The summed E-state index contributed by atoms with van der Waals surface area (Å²) in [6.07, 6.45) is 3.12. The molecule has 2 aromatic heterocycles. The zero-order valence-corrected chi connectivity index (χ0v) is 16.0. The highest BCUT2D eigenvalue weighted by Crippen LogP contribution is 2.26. The summed E-state index contributed by atoms with van der Waals surface area (Å²) in [7, 11) is 0. The predicted molar refractivity (Wildman–Crippen MR) is 98.1 cm³/mol. The first-order chi connectivity index (χ1) is 13.6. The summed E-state index contributed by atoms with van der Waals surface area (Å²) in [6, 6.07) is 3.36. The van der Waals surface area contributed by atoms with Crippen molar-refractivity contribution in [1.82, 2.24) is 25.3 Å². The number of carbonyl (C=O) groups is 2. The number of rotatable bonds is 5. The van der Waals surface area contributed by atoms with Gasteiger partial charge in [-0.2, -0.15) is 4.98 Å². The lowest BCUT2D eigenvalue weighted by molar-refractivity contribution is -0.139. The van der Waals surface area contributed by atoms with Crippen LogP contribution in [0.2, 0.25) is 0 Å². The Bertz CT molecular complexity index is 810. The molecule has 0 radical (unpaired) electrons. The first kappa shape index (κ1) is 18.7. The van der Waals surface area contributed by atoms with Crippen LogP contribution >= 0.6 is 0 Å². The average Bonchev–Trinajstić information content (AvgIpc) is 3.36. The van der Waals surface area contributed by atoms with Crippen molar-refractivity contribution >= 4 is 11.8 Å². The minimum atomic E-state index is -0.471. The van der Waals surface area contributed by atoms with Crippen molar-refractivity contribution in [1.29, 1.82) is 0 Å². The third kappa shape index (κ3) is 4.09. The summed E-state index contributed by atoms with van der Waals surface area (Å²) in [5.74, 6) is 2.50. The molecule has 9 nitrogen and oxygen atoms in total. The first-order valence-electron chi connectivity index (χ1n) is 9.71. The Kier molecular flexibility index (Phi) is 5.43. The molecule has 0 aromatic carbocycles. The van der Waals surface area contributed by atoms with E-state index in [2.05, 4.69) is 15.5 Å². The summed E-state index contributed by atoms with van der Waals surface area (Å²) in [4.78, 5) is 33.3. The molecule has 9 heteroatoms. The Morgan fingerprint density at radius 1 is 1.29 bits per heavy atom. The van der Waals surface area contributed by atoms with Crippen molar-refractivity contribution in [2.75, 3.05) is 26.2 Å². The molecule has 2 aliphatic heterocycles. The van der Waals surface area contributed by atoms with E-state index in [0.717, 1.165) is 24.4 Å². The highest BCUT2D eigenvalue weighted by molar-refractivity contribution is 5.88. The van der Waals surface area contributed by atoms with Crippen molar-refractivity contribution in [3.8, 4) is 0 Å². The summed E-state index contributed by atoms with van der Waals surface area (Å²) in [6.45, 7) is 4.99. The normalized spacial score (nSPS) is 21.7. The lowest BCUT2D eigenvalue weighted by atomic mass is 9.95. The number of amides is 2. The van der Waals surface area contributed by atoms with Gasteiger partial charge in [0, 0.05) is 32.1 Å². The van der Waals surface area contributed by atoms with E-state index in [1.54, 1.807) is 0 Å². The van der Waals surface area contributed by atoms with Crippen LogP contribution in [0.4, 0.5) is 0 Å². The molecule has 1 N–H and O–H groups in total. The number of nitrogens with one attached hydrogen (secondary N) is 1. The predicted octanol–water partition coefficient (Wildman–Crippen LogP) is 1.07. The summed E-state index contributed by atoms with van der Waals surface area (Å²) in [5, 5.41) is 6.78. The second-order valence-corrected chi connectivity index (χ2v) is 7.44. The number of piperazine rings is 1. The zero-order valence-electron chi connectivity index (χ0n) is 16.0. The molecule has 1 atom stereocenters. The van der Waals surface area contributed by atoms with Gasteiger partial charge < -0.3 is 19.2 Å². The van der Waals surface area contributed by atoms with E-state index in [0.29, 0.717) is 38.5 Å². The topological polar surface area (TPSA) is 105 Å². The van der Waals surface area contributed by atoms with Gasteiger partial charge in [0.25, 0.3) is 0 Å². The number of furan rings is 1. The van der Waals surface area contributed by atoms with Crippen LogP contribution in [0.15, 0.2) is 27.5 Å². The second-order valence-electron chi connectivity index (χ2n) is 7.44. The molecule has 2 aliphatic rings. The van der Waals surface area contributed by atoms with Gasteiger partial charge in [0.05, 0.1) is 19.0 Å². The number of likely N-dealkylation sites (tertiary alicyclic amines) is 1. The van der Waals surface area contributed by atoms with Gasteiger partial charge in [0.2, 0.25) is 18.2 Å². The third-order valence-corrected chi connectivity index (χ3v) is 5.56. The summed E-state index contributed by atoms with van der Waals surface area (Å²) in [5.41, 5.74) is 0. The molecule has 2 amide bonds. The van der Waals surface area contributed by atoms with Crippen LogP contribution in [0, 0.1) is 6.92 Å². The van der Waals surface area contributed by atoms with Gasteiger partial charge in [0.15, 0.2) is 5.82 Å². The number of aryl methyl sites for hydroxylation is 1. The Morgan fingerprint density at radius 2 is 2.11 bits per heavy atom. The van der Waals surface area contributed by atoms with E-state index in [9.17, 15) is 9.59 Å². The van der Waals surface area contributed by atoms with Crippen LogP contribution in [0.3, 0.4) is 0 Å². The number of hydrogen-bond acceptors (Lipinski definition) is 7. The van der Waals surface area contributed by atoms with Gasteiger partial charge >= 0.3 is 0 Å². The molecular formula is C19H25N5O4. The molecule has 4 rings (SSSR count). The van der Waals surface area contributed by atoms with Crippen LogP contribution in [0.25, 0.3) is 0 Å². The van der Waals surface area contributed by atoms with E-state index in [4.69, 9.17) is 8.94 Å². The Labute approximate surface area is 163 Å². The van der Waals surface area contributed by atoms with Crippen molar-refractivity contribution < 1.29 is 18.5 Å². The molecule has 4 heterocycles. The number of carbonyl (C=O) groups excluding carboxylic acids is 2. The van der Waals surface area contributed by atoms with Crippen molar-refractivity contribution in [3.63, 3.8) is 0 Å². The van der Waals surface area contributed by atoms with E-state index < -0.39 is 6.04 Å². The zero-order chi connectivity index (χ0) is 19.5. The largest absolute Gasteiger partial charge is 0.465 e. The van der Waals surface area contributed by atoms with Crippen molar-refractivity contribution in [2.45, 2.75) is 44.7 Å². The monoisotopic (exact) mass is 387 g/mol. The van der Waals surface area contributed by atoms with E-state index in [1.165, 1.54) is 6.39 Å². The molecule has 28 heavy (non-hydrogen) atoms. The van der Waals surface area contributed by atoms with Crippen molar-refractivity contribution in [2.24, 2.45) is 0 Å². The fourth-order valence-corrected chi connectivity index (χ4v) is 3.98. The van der Waals surface area contributed by atoms with Gasteiger partial charge in [-0.05, 0) is 31.9 Å².